The average molecular weight is 354 g/mol. The van der Waals surface area contributed by atoms with Gasteiger partial charge in [0.15, 0.2) is 6.04 Å². The number of hydrogen-bond donors (Lipinski definition) is 1. The third-order valence-corrected chi connectivity index (χ3v) is 4.59. The van der Waals surface area contributed by atoms with Crippen molar-refractivity contribution in [2.75, 3.05) is 6.54 Å². The summed E-state index contributed by atoms with van der Waals surface area (Å²) in [5, 5.41) is 2.97. The Morgan fingerprint density at radius 2 is 1.85 bits per heavy atom. The zero-order valence-electron chi connectivity index (χ0n) is 15.8. The van der Waals surface area contributed by atoms with Crippen LogP contribution < -0.4 is 5.32 Å². The SMILES string of the molecule is CC(C)NC(=O)C1c2c(ncn2C(C)C)CCN1C(=O)c1ccccc1. The predicted octanol–water partition coefficient (Wildman–Crippen LogP) is 2.73. The van der Waals surface area contributed by atoms with Gasteiger partial charge in [-0.25, -0.2) is 4.98 Å². The first-order valence-electron chi connectivity index (χ1n) is 9.12. The fourth-order valence-electron chi connectivity index (χ4n) is 3.41. The summed E-state index contributed by atoms with van der Waals surface area (Å²) >= 11 is 0. The second kappa shape index (κ2) is 7.32. The van der Waals surface area contributed by atoms with Crippen LogP contribution in [0.1, 0.15) is 61.5 Å². The van der Waals surface area contributed by atoms with Gasteiger partial charge in [0.1, 0.15) is 0 Å². The van der Waals surface area contributed by atoms with Crippen LogP contribution in [0.25, 0.3) is 0 Å². The molecule has 3 rings (SSSR count). The van der Waals surface area contributed by atoms with E-state index < -0.39 is 6.04 Å². The predicted molar refractivity (Wildman–Crippen MR) is 99.8 cm³/mol. The standard InChI is InChI=1S/C20H26N4O2/c1-13(2)22-19(25)18-17-16(21-12-24(17)14(3)4)10-11-23(18)20(26)15-8-6-5-7-9-15/h5-9,12-14,18H,10-11H2,1-4H3,(H,22,25). The first-order chi connectivity index (χ1) is 12.4. The minimum Gasteiger partial charge on any atom is -0.352 e. The van der Waals surface area contributed by atoms with Crippen molar-refractivity contribution in [1.82, 2.24) is 19.8 Å². The molecule has 2 heterocycles. The first-order valence-corrected chi connectivity index (χ1v) is 9.12. The van der Waals surface area contributed by atoms with Crippen molar-refractivity contribution in [3.05, 3.63) is 53.6 Å². The Morgan fingerprint density at radius 3 is 2.46 bits per heavy atom. The van der Waals surface area contributed by atoms with Crippen LogP contribution in [-0.2, 0) is 11.2 Å². The minimum absolute atomic E-state index is 0.00280. The smallest absolute Gasteiger partial charge is 0.254 e. The molecule has 2 aromatic rings. The zero-order valence-corrected chi connectivity index (χ0v) is 15.8. The maximum atomic E-state index is 13.1. The highest BCUT2D eigenvalue weighted by molar-refractivity contribution is 5.98. The molecule has 0 fully saturated rings. The maximum Gasteiger partial charge on any atom is 0.254 e. The number of aromatic nitrogens is 2. The lowest BCUT2D eigenvalue weighted by molar-refractivity contribution is -0.127. The normalized spacial score (nSPS) is 16.7. The van der Waals surface area contributed by atoms with Crippen molar-refractivity contribution >= 4 is 11.8 Å². The lowest BCUT2D eigenvalue weighted by atomic mass is 9.99. The number of fused-ring (bicyclic) bond motifs is 1. The van der Waals surface area contributed by atoms with Crippen LogP contribution in [0.5, 0.6) is 0 Å². The second-order valence-electron chi connectivity index (χ2n) is 7.26. The van der Waals surface area contributed by atoms with Gasteiger partial charge < -0.3 is 14.8 Å². The van der Waals surface area contributed by atoms with Gasteiger partial charge in [-0.1, -0.05) is 18.2 Å². The number of carbonyl (C=O) groups excluding carboxylic acids is 2. The van der Waals surface area contributed by atoms with E-state index in [0.29, 0.717) is 18.5 Å². The van der Waals surface area contributed by atoms with E-state index in [1.165, 1.54) is 0 Å². The number of hydrogen-bond acceptors (Lipinski definition) is 3. The van der Waals surface area contributed by atoms with E-state index in [2.05, 4.69) is 24.1 Å². The molecule has 1 N–H and O–H groups in total. The van der Waals surface area contributed by atoms with Crippen LogP contribution in [0.4, 0.5) is 0 Å². The van der Waals surface area contributed by atoms with Gasteiger partial charge in [0.25, 0.3) is 5.91 Å². The van der Waals surface area contributed by atoms with Crippen molar-refractivity contribution in [1.29, 1.82) is 0 Å². The molecule has 6 heteroatoms. The van der Waals surface area contributed by atoms with Gasteiger partial charge in [-0.3, -0.25) is 9.59 Å². The molecule has 1 aromatic heterocycles. The molecule has 2 amide bonds. The molecule has 138 valence electrons. The van der Waals surface area contributed by atoms with Crippen molar-refractivity contribution in [3.63, 3.8) is 0 Å². The van der Waals surface area contributed by atoms with E-state index in [4.69, 9.17) is 0 Å². The molecule has 0 radical (unpaired) electrons. The summed E-state index contributed by atoms with van der Waals surface area (Å²) in [6, 6.07) is 8.61. The molecule has 0 bridgehead atoms. The molecule has 1 aromatic carbocycles. The molecular weight excluding hydrogens is 328 g/mol. The largest absolute Gasteiger partial charge is 0.352 e. The van der Waals surface area contributed by atoms with Gasteiger partial charge in [0.05, 0.1) is 17.7 Å². The number of imidazole rings is 1. The van der Waals surface area contributed by atoms with Gasteiger partial charge in [-0.2, -0.15) is 0 Å². The van der Waals surface area contributed by atoms with Crippen molar-refractivity contribution in [2.24, 2.45) is 0 Å². The maximum absolute atomic E-state index is 13.1. The Balaban J connectivity index is 2.05. The topological polar surface area (TPSA) is 67.2 Å². The number of nitrogens with zero attached hydrogens (tertiary/aromatic N) is 3. The third kappa shape index (κ3) is 3.36. The quantitative estimate of drug-likeness (QED) is 0.918. The van der Waals surface area contributed by atoms with Crippen LogP contribution in [0.3, 0.4) is 0 Å². The highest BCUT2D eigenvalue weighted by Gasteiger charge is 2.39. The van der Waals surface area contributed by atoms with Gasteiger partial charge in [-0.15, -0.1) is 0 Å². The van der Waals surface area contributed by atoms with Gasteiger partial charge in [0.2, 0.25) is 5.91 Å². The molecule has 1 aliphatic rings. The Bertz CT molecular complexity index is 795. The molecule has 0 saturated carbocycles. The molecular formula is C20H26N4O2. The lowest BCUT2D eigenvalue weighted by Crippen LogP contribution is -2.49. The summed E-state index contributed by atoms with van der Waals surface area (Å²) in [6.45, 7) is 8.43. The fraction of sp³-hybridized carbons (Fsp3) is 0.450. The van der Waals surface area contributed by atoms with Crippen LogP contribution in [0, 0.1) is 0 Å². The number of carbonyl (C=O) groups is 2. The summed E-state index contributed by atoms with van der Waals surface area (Å²) in [6.07, 6.45) is 2.43. The highest BCUT2D eigenvalue weighted by Crippen LogP contribution is 2.32. The highest BCUT2D eigenvalue weighted by atomic mass is 16.2. The van der Waals surface area contributed by atoms with Crippen LogP contribution >= 0.6 is 0 Å². The summed E-state index contributed by atoms with van der Waals surface area (Å²) in [5.41, 5.74) is 2.32. The summed E-state index contributed by atoms with van der Waals surface area (Å²) in [5.74, 6) is -0.288. The van der Waals surface area contributed by atoms with E-state index in [0.717, 1.165) is 11.4 Å². The summed E-state index contributed by atoms with van der Waals surface area (Å²) in [4.78, 5) is 32.4. The Morgan fingerprint density at radius 1 is 1.15 bits per heavy atom. The number of nitrogens with one attached hydrogen (secondary N) is 1. The summed E-state index contributed by atoms with van der Waals surface area (Å²) < 4.78 is 2.00. The third-order valence-electron chi connectivity index (χ3n) is 4.59. The van der Waals surface area contributed by atoms with E-state index in [1.807, 2.05) is 36.6 Å². The number of benzene rings is 1. The minimum atomic E-state index is -0.668. The van der Waals surface area contributed by atoms with Crippen LogP contribution in [0.15, 0.2) is 36.7 Å². The Hall–Kier alpha value is -2.63. The molecule has 0 saturated heterocycles. The van der Waals surface area contributed by atoms with E-state index in [9.17, 15) is 9.59 Å². The number of rotatable bonds is 4. The Labute approximate surface area is 154 Å². The van der Waals surface area contributed by atoms with Crippen molar-refractivity contribution in [2.45, 2.75) is 52.2 Å². The monoisotopic (exact) mass is 354 g/mol. The van der Waals surface area contributed by atoms with E-state index in [-0.39, 0.29) is 23.9 Å². The zero-order chi connectivity index (χ0) is 18.8. The Kier molecular flexibility index (Phi) is 5.11. The molecule has 26 heavy (non-hydrogen) atoms. The molecule has 1 unspecified atom stereocenters. The molecule has 6 nitrogen and oxygen atoms in total. The van der Waals surface area contributed by atoms with Crippen LogP contribution in [0.2, 0.25) is 0 Å². The first kappa shape index (κ1) is 18.2. The van der Waals surface area contributed by atoms with E-state index in [1.54, 1.807) is 23.4 Å². The molecule has 0 spiro atoms. The number of amides is 2. The fourth-order valence-corrected chi connectivity index (χ4v) is 3.41. The van der Waals surface area contributed by atoms with Gasteiger partial charge >= 0.3 is 0 Å². The van der Waals surface area contributed by atoms with E-state index >= 15 is 0 Å². The average Bonchev–Trinajstić information content (AvgIpc) is 3.04. The van der Waals surface area contributed by atoms with Gasteiger partial charge in [-0.05, 0) is 39.8 Å². The van der Waals surface area contributed by atoms with Crippen LogP contribution in [-0.4, -0.2) is 38.9 Å². The second-order valence-corrected chi connectivity index (χ2v) is 7.26. The molecule has 0 aliphatic carbocycles. The molecule has 1 atom stereocenters. The van der Waals surface area contributed by atoms with Gasteiger partial charge in [0, 0.05) is 30.6 Å². The lowest BCUT2D eigenvalue weighted by Gasteiger charge is -2.36. The molecule has 1 aliphatic heterocycles. The van der Waals surface area contributed by atoms with Crippen molar-refractivity contribution in [3.8, 4) is 0 Å². The summed E-state index contributed by atoms with van der Waals surface area (Å²) in [7, 11) is 0. The van der Waals surface area contributed by atoms with Crippen molar-refractivity contribution < 1.29 is 9.59 Å².